The first-order valence-electron chi connectivity index (χ1n) is 50.2. The first kappa shape index (κ1) is 48.3. The summed E-state index contributed by atoms with van der Waals surface area (Å²) in [6.07, 6.45) is 0. The van der Waals surface area contributed by atoms with Crippen LogP contribution in [-0.4, -0.2) is 0 Å². The number of fused-ring (bicyclic) bond motifs is 15. The summed E-state index contributed by atoms with van der Waals surface area (Å²) in [5.41, 5.74) is 14.6. The lowest BCUT2D eigenvalue weighted by atomic mass is 9.84. The number of aryl methyl sites for hydroxylation is 1. The van der Waals surface area contributed by atoms with Gasteiger partial charge in [0.25, 0.3) is 0 Å². The fourth-order valence-corrected chi connectivity index (χ4v) is 17.0. The number of hydrogen-bond acceptors (Lipinski definition) is 3. The topological polar surface area (TPSA) is 39.4 Å². The number of benzene rings is 20. The Hall–Kier alpha value is -14.6. The van der Waals surface area contributed by atoms with Crippen molar-refractivity contribution in [1.82, 2.24) is 0 Å². The molecule has 3 nitrogen and oxygen atoms in total. The van der Waals surface area contributed by atoms with E-state index in [9.17, 15) is 8.22 Å². The van der Waals surface area contributed by atoms with E-state index in [0.29, 0.717) is 116 Å². The van der Waals surface area contributed by atoms with Crippen LogP contribution >= 0.6 is 0 Å². The normalized spacial score (nSPS) is 14.7. The van der Waals surface area contributed by atoms with Gasteiger partial charge in [-0.2, -0.15) is 0 Å². The highest BCUT2D eigenvalue weighted by atomic mass is 16.3. The van der Waals surface area contributed by atoms with Gasteiger partial charge < -0.3 is 13.3 Å². The summed E-state index contributed by atoms with van der Waals surface area (Å²) >= 11 is 0. The van der Waals surface area contributed by atoms with Gasteiger partial charge in [-0.3, -0.25) is 0 Å². The largest absolute Gasteiger partial charge is 0.456 e. The molecule has 20 aromatic carbocycles. The summed E-state index contributed by atoms with van der Waals surface area (Å²) in [4.78, 5) is 0. The van der Waals surface area contributed by atoms with E-state index in [0.717, 1.165) is 49.5 Å². The van der Waals surface area contributed by atoms with Gasteiger partial charge in [-0.1, -0.05) is 402 Å². The van der Waals surface area contributed by atoms with Gasteiger partial charge in [0.1, 0.15) is 33.5 Å². The molecular formula is C113H78O3. The van der Waals surface area contributed by atoms with Crippen LogP contribution in [0.25, 0.3) is 219 Å². The van der Waals surface area contributed by atoms with Gasteiger partial charge in [-0.05, 0) is 184 Å². The van der Waals surface area contributed by atoms with Crippen LogP contribution in [-0.2, 0) is 5.41 Å². The quantitative estimate of drug-likeness (QED) is 0.142. The van der Waals surface area contributed by atoms with E-state index in [2.05, 4.69) is 57.2 Å². The van der Waals surface area contributed by atoms with Gasteiger partial charge in [-0.15, -0.1) is 0 Å². The summed E-state index contributed by atoms with van der Waals surface area (Å²) in [7, 11) is 0. The molecule has 0 atom stereocenters. The zero-order valence-corrected chi connectivity index (χ0v) is 63.0. The smallest absolute Gasteiger partial charge is 0.143 e. The third-order valence-corrected chi connectivity index (χ3v) is 22.0. The maximum atomic E-state index is 9.32. The summed E-state index contributed by atoms with van der Waals surface area (Å²) in [5, 5.41) is 6.66. The van der Waals surface area contributed by atoms with Gasteiger partial charge in [0.2, 0.25) is 0 Å². The Bertz CT molecular complexity index is 9080. The van der Waals surface area contributed by atoms with Crippen LogP contribution in [0.3, 0.4) is 0 Å². The zero-order valence-electron chi connectivity index (χ0n) is 87.0. The molecule has 0 saturated heterocycles. The van der Waals surface area contributed by atoms with Crippen molar-refractivity contribution in [2.75, 3.05) is 0 Å². The Labute approximate surface area is 706 Å². The van der Waals surface area contributed by atoms with Crippen LogP contribution in [0.2, 0.25) is 0 Å². The molecule has 0 aliphatic carbocycles. The van der Waals surface area contributed by atoms with Crippen molar-refractivity contribution in [3.63, 3.8) is 0 Å². The first-order chi connectivity index (χ1) is 67.1. The van der Waals surface area contributed by atoms with E-state index in [1.54, 1.807) is 91.0 Å². The third kappa shape index (κ3) is 11.6. The third-order valence-electron chi connectivity index (χ3n) is 22.0. The van der Waals surface area contributed by atoms with Crippen molar-refractivity contribution in [3.05, 3.63) is 411 Å². The lowest BCUT2D eigenvalue weighted by Crippen LogP contribution is -2.10. The molecule has 116 heavy (non-hydrogen) atoms. The van der Waals surface area contributed by atoms with E-state index in [-0.39, 0.29) is 143 Å². The second-order valence-electron chi connectivity index (χ2n) is 29.7. The molecule has 0 bridgehead atoms. The molecular weight excluding hydrogens is 1410 g/mol. The molecule has 0 saturated carbocycles. The highest BCUT2D eigenvalue weighted by Crippen LogP contribution is 2.52. The predicted molar refractivity (Wildman–Crippen MR) is 493 cm³/mol. The number of rotatable bonds is 8. The monoisotopic (exact) mass is 1510 g/mol. The van der Waals surface area contributed by atoms with E-state index in [1.165, 1.54) is 0 Å². The SMILES string of the molecule is [2H]c1c([2H])c([2H])c2c(-c3cccc4oc5c(-c6ccc(-c7ccccc7)cc6)cccc5c34)c3c([2H])c([2H])c([2H])c([2H])c3c(-c3ccccc3)c2c1[2H].[2H]c1c([2H])c([2H])c2c(-c3cccc4oc5c(C(C)(C)C)cccc5c34)c3c([2H])c([2H])c([2H])c([2H])c3c(-c3ccccc3)c2c1[2H].[2H]c1c([2H])c([2H])c2c(-c3cccc4oc5c(C)cccc5c34)c3c([2H])c([2H])c([2H])c([2H])c3c(-c3ccccc3)c2c1[2H]. The van der Waals surface area contributed by atoms with Crippen molar-refractivity contribution in [2.45, 2.75) is 33.1 Å². The van der Waals surface area contributed by atoms with Crippen molar-refractivity contribution in [1.29, 1.82) is 0 Å². The zero-order chi connectivity index (χ0) is 98.4. The minimum atomic E-state index is -0.437. The molecule has 3 heteroatoms. The van der Waals surface area contributed by atoms with Crippen molar-refractivity contribution < 1.29 is 46.1 Å². The van der Waals surface area contributed by atoms with Gasteiger partial charge in [-0.25, -0.2) is 0 Å². The standard InChI is InChI=1S/C44H28O.C36H28O.C33H22O/c1-3-13-29(14-4-1)30-25-27-31(28-26-30)33-21-11-23-39-43-38(22-12-24-40(43)45-44(33)39)42-36-19-9-7-17-34(36)41(32-15-5-2-6-16-32)35-18-8-10-20-37(35)42;1-36(2,3)30-21-11-20-29-34-28(19-12-22-31(34)37-35(29)30)33-26-17-9-7-15-24(26)32(23-13-5-4-6-14-23)25-16-8-10-18-27(25)33;1-21-11-9-19-28-32-27(18-10-20-29(32)34-33(21)28)31-25-16-7-5-14-23(25)30(22-12-3-2-4-13-22)24-15-6-8-17-26(24)31/h1-28H;4-22H,1-3H3;2-20H,1H3/i7D,8D,9D,10D,17D,18D,19D,20D;7D,8D,9D,10D,15D,16D,17D,18D;5D,6D,7D,8D,14D,15D,16D,17D. The predicted octanol–water partition coefficient (Wildman–Crippen LogP) is 32.6. The molecule has 0 aliphatic heterocycles. The molecule has 0 aliphatic rings. The van der Waals surface area contributed by atoms with E-state index < -0.39 is 72.5 Å². The van der Waals surface area contributed by atoms with Crippen LogP contribution in [0.4, 0.5) is 0 Å². The molecule has 0 fully saturated rings. The van der Waals surface area contributed by atoms with Crippen LogP contribution in [0.1, 0.15) is 64.8 Å². The lowest BCUT2D eigenvalue weighted by Gasteiger charge is -2.19. The average Bonchev–Trinajstić information content (AvgIpc) is 1.07. The van der Waals surface area contributed by atoms with Crippen LogP contribution in [0, 0.1) is 6.92 Å². The van der Waals surface area contributed by atoms with Crippen molar-refractivity contribution in [3.8, 4) is 89.0 Å². The van der Waals surface area contributed by atoms with E-state index in [1.807, 2.05) is 134 Å². The second kappa shape index (κ2) is 28.5. The van der Waals surface area contributed by atoms with Crippen LogP contribution in [0.15, 0.2) is 413 Å². The van der Waals surface area contributed by atoms with Crippen molar-refractivity contribution in [2.24, 2.45) is 0 Å². The molecule has 23 rings (SSSR count). The highest BCUT2D eigenvalue weighted by molar-refractivity contribution is 6.30. The average molecular weight is 1510 g/mol. The van der Waals surface area contributed by atoms with Gasteiger partial charge in [0, 0.05) is 43.4 Å². The minimum Gasteiger partial charge on any atom is -0.456 e. The number of hydrogen-bond donors (Lipinski definition) is 0. The number of para-hydroxylation sites is 3. The van der Waals surface area contributed by atoms with Gasteiger partial charge in [0.15, 0.2) is 0 Å². The molecule has 0 unspecified atom stereocenters. The molecule has 548 valence electrons. The molecule has 3 aromatic heterocycles. The van der Waals surface area contributed by atoms with Crippen LogP contribution < -0.4 is 0 Å². The maximum absolute atomic E-state index is 9.32. The summed E-state index contributed by atoms with van der Waals surface area (Å²) in [6.45, 7) is 8.25. The fourth-order valence-electron chi connectivity index (χ4n) is 17.0. The lowest BCUT2D eigenvalue weighted by molar-refractivity contribution is 0.573. The molecule has 0 radical (unpaired) electrons. The van der Waals surface area contributed by atoms with E-state index >= 15 is 0 Å². The fraction of sp³-hybridized carbons (Fsp3) is 0.0442. The summed E-state index contributed by atoms with van der Waals surface area (Å²) in [6, 6.07) is 70.8. The number of furan rings is 3. The summed E-state index contributed by atoms with van der Waals surface area (Å²) < 4.78 is 233. The highest BCUT2D eigenvalue weighted by Gasteiger charge is 2.27. The molecule has 0 N–H and O–H groups in total. The van der Waals surface area contributed by atoms with Crippen LogP contribution in [0.5, 0.6) is 0 Å². The Morgan fingerprint density at radius 1 is 0.207 bits per heavy atom. The maximum Gasteiger partial charge on any atom is 0.143 e. The van der Waals surface area contributed by atoms with Gasteiger partial charge in [0.05, 0.1) is 32.9 Å². The Morgan fingerprint density at radius 3 is 0.819 bits per heavy atom. The summed E-state index contributed by atoms with van der Waals surface area (Å²) in [5.74, 6) is 0. The van der Waals surface area contributed by atoms with E-state index in [4.69, 9.17) is 37.9 Å². The second-order valence-corrected chi connectivity index (χ2v) is 29.7. The first-order valence-corrected chi connectivity index (χ1v) is 38.2. The Balaban J connectivity index is 0.000000126. The van der Waals surface area contributed by atoms with Crippen molar-refractivity contribution >= 4 is 130 Å². The minimum absolute atomic E-state index is 0.168. The van der Waals surface area contributed by atoms with Gasteiger partial charge >= 0.3 is 0 Å². The molecule has 0 amide bonds. The molecule has 3 heterocycles. The Morgan fingerprint density at radius 2 is 0.466 bits per heavy atom. The Kier molecular flexibility index (Phi) is 11.9. The molecule has 23 aromatic rings. The molecule has 0 spiro atoms.